The van der Waals surface area contributed by atoms with Gasteiger partial charge >= 0.3 is 0 Å². The molecule has 1 aliphatic heterocycles. The Hall–Kier alpha value is -4.42. The van der Waals surface area contributed by atoms with Gasteiger partial charge in [-0.15, -0.1) is 0 Å². The van der Waals surface area contributed by atoms with Crippen LogP contribution in [0.2, 0.25) is 0 Å². The topological polar surface area (TPSA) is 150 Å². The number of carbonyl (C=O) groups excluding carboxylic acids is 2. The van der Waals surface area contributed by atoms with Crippen molar-refractivity contribution in [1.82, 2.24) is 0 Å². The summed E-state index contributed by atoms with van der Waals surface area (Å²) in [5, 5.41) is 17.1. The minimum atomic E-state index is -4.73. The van der Waals surface area contributed by atoms with Crippen LogP contribution in [0.25, 0.3) is 0 Å². The smallest absolute Gasteiger partial charge is 0.298 e. The molecule has 0 saturated heterocycles. The maximum atomic E-state index is 13.8. The molecule has 4 rings (SSSR count). The summed E-state index contributed by atoms with van der Waals surface area (Å²) in [5.74, 6) is -0.396. The summed E-state index contributed by atoms with van der Waals surface area (Å²) in [6.07, 6.45) is 19.1. The van der Waals surface area contributed by atoms with Gasteiger partial charge in [-0.3, -0.25) is 14.1 Å². The molecule has 2 amide bonds. The van der Waals surface area contributed by atoms with Gasteiger partial charge in [0.15, 0.2) is 6.04 Å². The van der Waals surface area contributed by atoms with E-state index in [1.807, 2.05) is 0 Å². The van der Waals surface area contributed by atoms with Crippen LogP contribution in [0.5, 0.6) is 11.5 Å². The van der Waals surface area contributed by atoms with Gasteiger partial charge in [0.2, 0.25) is 5.91 Å². The van der Waals surface area contributed by atoms with Gasteiger partial charge in [0, 0.05) is 12.6 Å². The summed E-state index contributed by atoms with van der Waals surface area (Å²) >= 11 is 0. The third-order valence-electron chi connectivity index (χ3n) is 8.92. The largest absolute Gasteiger partial charge is 0.456 e. The third-order valence-corrected chi connectivity index (χ3v) is 9.80. The monoisotopic (exact) mass is 731 g/mol. The van der Waals surface area contributed by atoms with Crippen molar-refractivity contribution in [1.29, 1.82) is 0 Å². The number of amides is 2. The Kier molecular flexibility index (Phi) is 16.4. The molecule has 0 aromatic heterocycles. The quantitative estimate of drug-likeness (QED) is 0.0563. The van der Waals surface area contributed by atoms with Crippen LogP contribution < -0.4 is 15.1 Å². The predicted octanol–water partition coefficient (Wildman–Crippen LogP) is 10.8. The number of nitrogens with one attached hydrogen (secondary N) is 1. The van der Waals surface area contributed by atoms with Gasteiger partial charge in [0.25, 0.3) is 16.0 Å². The number of unbranched alkanes of at least 4 members (excludes halogenated alkanes) is 14. The minimum absolute atomic E-state index is 0.0925. The molecule has 1 heterocycles. The van der Waals surface area contributed by atoms with Crippen molar-refractivity contribution in [2.45, 2.75) is 128 Å². The molecule has 0 fully saturated rings. The molecule has 0 bridgehead atoms. The molecular weight excluding hydrogens is 679 g/mol. The summed E-state index contributed by atoms with van der Waals surface area (Å²) in [4.78, 5) is 24.7. The lowest BCUT2D eigenvalue weighted by Gasteiger charge is -2.15. The van der Waals surface area contributed by atoms with E-state index >= 15 is 0 Å². The van der Waals surface area contributed by atoms with Gasteiger partial charge in [-0.2, -0.15) is 28.8 Å². The highest BCUT2D eigenvalue weighted by atomic mass is 32.2. The van der Waals surface area contributed by atoms with Crippen LogP contribution in [-0.2, 0) is 19.7 Å². The third kappa shape index (κ3) is 13.3. The normalized spacial score (nSPS) is 14.6. The van der Waals surface area contributed by atoms with Gasteiger partial charge < -0.3 is 10.1 Å². The average molecular weight is 732 g/mol. The molecule has 2 N–H and O–H groups in total. The predicted molar refractivity (Wildman–Crippen MR) is 206 cm³/mol. The highest BCUT2D eigenvalue weighted by Crippen LogP contribution is 2.34. The second kappa shape index (κ2) is 21.2. The van der Waals surface area contributed by atoms with Gasteiger partial charge in [0.05, 0.1) is 17.1 Å². The van der Waals surface area contributed by atoms with E-state index in [9.17, 15) is 22.6 Å². The number of anilines is 2. The zero-order chi connectivity index (χ0) is 37.2. The van der Waals surface area contributed by atoms with Crippen molar-refractivity contribution >= 4 is 44.7 Å². The molecule has 0 saturated carbocycles. The first-order valence-corrected chi connectivity index (χ1v) is 20.1. The molecule has 11 nitrogen and oxygen atoms in total. The SMILES string of the molecule is CCCCCCCCCCCCCCCCCC1=NN(c2ccc(Oc3ccccc3)c(S(=O)(=O)O)c2)C(=O)C1/N=N/c1ccc(NC(C)=O)cc1. The number of ether oxygens (including phenoxy) is 1. The number of hydrazone groups is 1. The lowest BCUT2D eigenvalue weighted by Crippen LogP contribution is -2.30. The molecule has 12 heteroatoms. The number of hydrogen-bond acceptors (Lipinski definition) is 8. The van der Waals surface area contributed by atoms with E-state index in [-0.39, 0.29) is 17.3 Å². The zero-order valence-corrected chi connectivity index (χ0v) is 31.3. The molecule has 0 radical (unpaired) electrons. The summed E-state index contributed by atoms with van der Waals surface area (Å²) in [7, 11) is -4.73. The fraction of sp³-hybridized carbons (Fsp3) is 0.475. The van der Waals surface area contributed by atoms with Crippen LogP contribution in [0, 0.1) is 0 Å². The number of carbonyl (C=O) groups is 2. The highest BCUT2D eigenvalue weighted by molar-refractivity contribution is 7.86. The Labute approximate surface area is 308 Å². The maximum Gasteiger partial charge on any atom is 0.298 e. The second-order valence-electron chi connectivity index (χ2n) is 13.3. The van der Waals surface area contributed by atoms with Crippen LogP contribution in [-0.4, -0.2) is 36.5 Å². The number of rotatable bonds is 23. The molecule has 52 heavy (non-hydrogen) atoms. The first-order valence-electron chi connectivity index (χ1n) is 18.7. The summed E-state index contributed by atoms with van der Waals surface area (Å²) in [5.41, 5.74) is 1.77. The molecular formula is C40H53N5O6S. The minimum Gasteiger partial charge on any atom is -0.456 e. The second-order valence-corrected chi connectivity index (χ2v) is 14.7. The van der Waals surface area contributed by atoms with Crippen molar-refractivity contribution in [3.8, 4) is 11.5 Å². The number of hydrogen-bond donors (Lipinski definition) is 2. The lowest BCUT2D eigenvalue weighted by atomic mass is 10.0. The van der Waals surface area contributed by atoms with E-state index in [4.69, 9.17) is 4.74 Å². The Morgan fingerprint density at radius 2 is 1.40 bits per heavy atom. The first-order chi connectivity index (χ1) is 25.2. The number of nitrogens with zero attached hydrogens (tertiary/aromatic N) is 4. The van der Waals surface area contributed by atoms with Gasteiger partial charge in [-0.1, -0.05) is 115 Å². The highest BCUT2D eigenvalue weighted by Gasteiger charge is 2.37. The van der Waals surface area contributed by atoms with Crippen molar-refractivity contribution in [3.63, 3.8) is 0 Å². The molecule has 3 aromatic carbocycles. The Bertz CT molecular complexity index is 1750. The molecule has 1 unspecified atom stereocenters. The molecule has 1 atom stereocenters. The van der Waals surface area contributed by atoms with Crippen LogP contribution >= 0.6 is 0 Å². The maximum absolute atomic E-state index is 13.8. The van der Waals surface area contributed by atoms with Crippen LogP contribution in [0.15, 0.2) is 93.0 Å². The molecule has 0 spiro atoms. The Balaban J connectivity index is 1.38. The molecule has 1 aliphatic rings. The summed E-state index contributed by atoms with van der Waals surface area (Å²) < 4.78 is 40.6. The number of benzene rings is 3. The van der Waals surface area contributed by atoms with Gasteiger partial charge in [-0.25, -0.2) is 0 Å². The standard InChI is InChI=1S/C40H53N5O6S/c1-3-4-5-6-7-8-9-10-11-12-13-14-15-16-20-23-36-39(43-42-33-26-24-32(25-27-33)41-31(2)46)40(47)45(44-36)34-28-29-37(38(30-34)52(48,49)50)51-35-21-18-17-19-22-35/h17-19,21-22,24-30,39H,3-16,20,23H2,1-2H3,(H,41,46)(H,48,49,50)/b43-42+. The van der Waals surface area contributed by atoms with E-state index in [1.54, 1.807) is 54.6 Å². The van der Waals surface area contributed by atoms with E-state index in [2.05, 4.69) is 27.6 Å². The van der Waals surface area contributed by atoms with E-state index < -0.39 is 27.0 Å². The fourth-order valence-electron chi connectivity index (χ4n) is 6.12. The van der Waals surface area contributed by atoms with E-state index in [1.165, 1.54) is 102 Å². The van der Waals surface area contributed by atoms with Crippen molar-refractivity contribution in [2.24, 2.45) is 15.3 Å². The van der Waals surface area contributed by atoms with E-state index in [0.29, 0.717) is 29.3 Å². The van der Waals surface area contributed by atoms with Crippen molar-refractivity contribution < 1.29 is 27.3 Å². The van der Waals surface area contributed by atoms with Gasteiger partial charge in [-0.05, 0) is 67.4 Å². The van der Waals surface area contributed by atoms with Crippen molar-refractivity contribution in [3.05, 3.63) is 72.8 Å². The summed E-state index contributed by atoms with van der Waals surface area (Å²) in [6.45, 7) is 3.68. The average Bonchev–Trinajstić information content (AvgIpc) is 3.43. The van der Waals surface area contributed by atoms with Crippen molar-refractivity contribution in [2.75, 3.05) is 10.3 Å². The first kappa shape index (κ1) is 40.4. The number of azo groups is 1. The van der Waals surface area contributed by atoms with E-state index in [0.717, 1.165) is 24.3 Å². The van der Waals surface area contributed by atoms with Crippen LogP contribution in [0.3, 0.4) is 0 Å². The van der Waals surface area contributed by atoms with Gasteiger partial charge in [0.1, 0.15) is 16.4 Å². The van der Waals surface area contributed by atoms with Crippen LogP contribution in [0.1, 0.15) is 117 Å². The lowest BCUT2D eigenvalue weighted by molar-refractivity contribution is -0.118. The molecule has 280 valence electrons. The Morgan fingerprint density at radius 3 is 1.96 bits per heavy atom. The molecule has 3 aromatic rings. The number of para-hydroxylation sites is 1. The summed E-state index contributed by atoms with van der Waals surface area (Å²) in [6, 6.07) is 18.4. The molecule has 0 aliphatic carbocycles. The zero-order valence-electron chi connectivity index (χ0n) is 30.5. The van der Waals surface area contributed by atoms with Crippen LogP contribution in [0.4, 0.5) is 17.1 Å². The Morgan fingerprint density at radius 1 is 0.827 bits per heavy atom. The fourth-order valence-corrected chi connectivity index (χ4v) is 6.76.